The molecule has 0 saturated carbocycles. The van der Waals surface area contributed by atoms with Crippen LogP contribution in [0.25, 0.3) is 10.8 Å². The fraction of sp³-hybridized carbons (Fsp3) is 0.0938. The van der Waals surface area contributed by atoms with Gasteiger partial charge in [0.1, 0.15) is 27.9 Å². The summed E-state index contributed by atoms with van der Waals surface area (Å²) in [4.78, 5) is 10.3. The molecule has 0 atom stereocenters. The van der Waals surface area contributed by atoms with E-state index in [1.54, 1.807) is 0 Å². The maximum absolute atomic E-state index is 13.7. The third kappa shape index (κ3) is 8.84. The van der Waals surface area contributed by atoms with Gasteiger partial charge < -0.3 is 20.3 Å². The van der Waals surface area contributed by atoms with E-state index in [9.17, 15) is 39.7 Å². The normalized spacial score (nSPS) is 12.0. The number of hydrogen-bond donors (Lipinski definition) is 3. The molecule has 5 rings (SSSR count). The number of benzene rings is 5. The van der Waals surface area contributed by atoms with Gasteiger partial charge in [-0.3, -0.25) is 13.7 Å². The van der Waals surface area contributed by atoms with Crippen LogP contribution in [0, 0.1) is 0 Å². The van der Waals surface area contributed by atoms with Gasteiger partial charge in [-0.1, -0.05) is 23.9 Å². The van der Waals surface area contributed by atoms with E-state index in [1.807, 2.05) is 0 Å². The fourth-order valence-electron chi connectivity index (χ4n) is 4.87. The number of fused-ring (bicyclic) bond motifs is 1. The first-order chi connectivity index (χ1) is 24.0. The van der Waals surface area contributed by atoms with Gasteiger partial charge in [0.2, 0.25) is 5.91 Å². The van der Waals surface area contributed by atoms with Crippen molar-refractivity contribution in [3.8, 4) is 11.5 Å². The zero-order valence-electron chi connectivity index (χ0n) is 27.3. The van der Waals surface area contributed by atoms with Gasteiger partial charge in [-0.25, -0.2) is 8.42 Å². The maximum Gasteiger partial charge on any atom is 1.00 e. The predicted molar refractivity (Wildman–Crippen MR) is 188 cm³/mol. The molecule has 0 saturated heterocycles. The van der Waals surface area contributed by atoms with Crippen LogP contribution >= 0.6 is 11.6 Å². The first-order valence-corrected chi connectivity index (χ1v) is 19.4. The van der Waals surface area contributed by atoms with Crippen LogP contribution in [0.15, 0.2) is 122 Å². The van der Waals surface area contributed by atoms with Gasteiger partial charge in [-0.15, -0.1) is 21.8 Å². The molecule has 0 spiro atoms. The van der Waals surface area contributed by atoms with Crippen LogP contribution < -0.4 is 54.2 Å². The molecule has 0 fully saturated rings. The smallest absolute Gasteiger partial charge is 0.872 e. The average molecular weight is 796 g/mol. The summed E-state index contributed by atoms with van der Waals surface area (Å²) in [6, 6.07) is 20.4. The molecule has 52 heavy (non-hydrogen) atoms. The van der Waals surface area contributed by atoms with E-state index in [4.69, 9.17) is 21.5 Å². The number of alkyl halides is 1. The van der Waals surface area contributed by atoms with Crippen LogP contribution in [-0.2, 0) is 35.1 Å². The largest absolute Gasteiger partial charge is 1.00 e. The maximum atomic E-state index is 13.7. The average Bonchev–Trinajstić information content (AvgIpc) is 3.08. The molecular weight excluding hydrogens is 769 g/mol. The molecular formula is C32H27ClN5NaO10S3. The number of sulfonamides is 1. The van der Waals surface area contributed by atoms with E-state index in [0.29, 0.717) is 5.69 Å². The first-order valence-electron chi connectivity index (χ1n) is 14.6. The number of halogens is 1. The number of carbonyl (C=O) groups excluding carboxylic acids is 1. The topological polar surface area (TPSA) is 238 Å². The van der Waals surface area contributed by atoms with Crippen molar-refractivity contribution in [3.63, 3.8) is 0 Å². The molecule has 5 aromatic rings. The van der Waals surface area contributed by atoms with Crippen LogP contribution in [0.4, 0.5) is 28.4 Å². The van der Waals surface area contributed by atoms with Crippen molar-refractivity contribution < 1.29 is 73.4 Å². The van der Waals surface area contributed by atoms with Gasteiger partial charge in [-0.2, -0.15) is 16.8 Å². The zero-order chi connectivity index (χ0) is 37.1. The Morgan fingerprint density at radius 2 is 1.56 bits per heavy atom. The minimum Gasteiger partial charge on any atom is -0.872 e. The van der Waals surface area contributed by atoms with E-state index in [1.165, 1.54) is 85.8 Å². The van der Waals surface area contributed by atoms with Gasteiger partial charge in [0.25, 0.3) is 20.1 Å². The minimum atomic E-state index is -4.51. The monoisotopic (exact) mass is 795 g/mol. The second-order valence-corrected chi connectivity index (χ2v) is 15.6. The number of nitrogens with zero attached hydrogens (tertiary/aromatic N) is 3. The summed E-state index contributed by atoms with van der Waals surface area (Å²) in [5.41, 5.74) is 6.29. The molecule has 0 heterocycles. The molecule has 4 N–H and O–H groups in total. The third-order valence-corrected chi connectivity index (χ3v) is 11.5. The molecule has 0 radical (unpaired) electrons. The molecule has 15 nitrogen and oxygen atoms in total. The number of hydrogen-bond acceptors (Lipinski definition) is 12. The van der Waals surface area contributed by atoms with Crippen LogP contribution in [0.3, 0.4) is 0 Å². The second-order valence-electron chi connectivity index (χ2n) is 10.6. The molecule has 20 heteroatoms. The minimum absolute atomic E-state index is 0. The SMILES string of the molecule is CCN(c1ccc(S(=O)(=O)O)cc1)S(=O)(=O)c1cc([O-])c2c(N=Nc3ccccc3S(=O)(=O)Oc3ccc(NC(=O)CCl)cc3)c(N)ccc2c1.[Na+]. The van der Waals surface area contributed by atoms with Crippen molar-refractivity contribution in [2.24, 2.45) is 10.2 Å². The van der Waals surface area contributed by atoms with E-state index in [0.717, 1.165) is 22.5 Å². The van der Waals surface area contributed by atoms with Gasteiger partial charge in [0.15, 0.2) is 0 Å². The van der Waals surface area contributed by atoms with Gasteiger partial charge in [0.05, 0.1) is 21.2 Å². The number of rotatable bonds is 12. The van der Waals surface area contributed by atoms with E-state index in [2.05, 4.69) is 15.5 Å². The Morgan fingerprint density at radius 1 is 0.904 bits per heavy atom. The van der Waals surface area contributed by atoms with Gasteiger partial charge >= 0.3 is 39.7 Å². The third-order valence-electron chi connectivity index (χ3n) is 7.21. The molecule has 0 aliphatic carbocycles. The molecule has 0 aliphatic rings. The molecule has 0 aliphatic heterocycles. The summed E-state index contributed by atoms with van der Waals surface area (Å²) in [6.45, 7) is 1.45. The summed E-state index contributed by atoms with van der Waals surface area (Å²) >= 11 is 5.49. The Bertz CT molecular complexity index is 2500. The summed E-state index contributed by atoms with van der Waals surface area (Å²) in [6.07, 6.45) is 0. The molecule has 1 amide bonds. The number of anilines is 3. The van der Waals surface area contributed by atoms with Crippen LogP contribution in [-0.4, -0.2) is 48.1 Å². The first kappa shape index (κ1) is 40.5. The van der Waals surface area contributed by atoms with Crippen molar-refractivity contribution in [2.75, 3.05) is 27.8 Å². The van der Waals surface area contributed by atoms with Crippen molar-refractivity contribution >= 4 is 87.0 Å². The van der Waals surface area contributed by atoms with E-state index >= 15 is 0 Å². The Balaban J connectivity index is 0.00000605. The standard InChI is InChI=1S/C32H28ClN5O10S3.Na/c1-2-38(22-10-14-24(15-11-22)50(43,44)45)49(41,42)25-17-20-7-16-26(34)32(31(20)28(39)18-25)37-36-27-5-3-4-6-29(27)51(46,47)48-23-12-8-21(9-13-23)35-30(40)19-33;/h3-18,39H,2,19,34H2,1H3,(H,35,40)(H,43,44,45);/q;+1/p-1. The van der Waals surface area contributed by atoms with Crippen molar-refractivity contribution in [2.45, 2.75) is 21.6 Å². The Labute approximate surface area is 326 Å². The molecule has 0 aromatic heterocycles. The Morgan fingerprint density at radius 3 is 2.17 bits per heavy atom. The van der Waals surface area contributed by atoms with Crippen molar-refractivity contribution in [1.29, 1.82) is 0 Å². The van der Waals surface area contributed by atoms with Crippen molar-refractivity contribution in [3.05, 3.63) is 97.1 Å². The quantitative estimate of drug-likeness (QED) is 0.0414. The molecule has 5 aromatic carbocycles. The fourth-order valence-corrected chi connectivity index (χ4v) is 8.01. The summed E-state index contributed by atoms with van der Waals surface area (Å²) < 4.78 is 92.3. The molecule has 0 unspecified atom stereocenters. The van der Waals surface area contributed by atoms with Crippen LogP contribution in [0.2, 0.25) is 0 Å². The number of carbonyl (C=O) groups is 1. The number of nitrogens with one attached hydrogen (secondary N) is 1. The Kier molecular flexibility index (Phi) is 12.6. The van der Waals surface area contributed by atoms with Crippen LogP contribution in [0.5, 0.6) is 11.5 Å². The number of nitrogen functional groups attached to an aromatic ring is 1. The Hall–Kier alpha value is -4.27. The van der Waals surface area contributed by atoms with Crippen LogP contribution in [0.1, 0.15) is 6.92 Å². The summed E-state index contributed by atoms with van der Waals surface area (Å²) in [5, 5.41) is 24.2. The van der Waals surface area contributed by atoms with E-state index < -0.39 is 46.8 Å². The summed E-state index contributed by atoms with van der Waals surface area (Å²) in [5.74, 6) is -1.56. The van der Waals surface area contributed by atoms with Crippen molar-refractivity contribution in [1.82, 2.24) is 0 Å². The van der Waals surface area contributed by atoms with Gasteiger partial charge in [-0.05, 0) is 91.2 Å². The number of amides is 1. The van der Waals surface area contributed by atoms with Gasteiger partial charge in [0, 0.05) is 17.6 Å². The zero-order valence-corrected chi connectivity index (χ0v) is 32.5. The number of azo groups is 1. The summed E-state index contributed by atoms with van der Waals surface area (Å²) in [7, 11) is -13.4. The van der Waals surface area contributed by atoms with E-state index in [-0.39, 0.29) is 91.0 Å². The second kappa shape index (κ2) is 16.2. The predicted octanol–water partition coefficient (Wildman–Crippen LogP) is 2.32. The number of nitrogens with two attached hydrogens (primary N) is 1. The molecule has 266 valence electrons. The molecule has 0 bridgehead atoms.